The Bertz CT molecular complexity index is 635. The second-order valence-electron chi connectivity index (χ2n) is 8.63. The van der Waals surface area contributed by atoms with Crippen molar-refractivity contribution in [3.8, 4) is 0 Å². The summed E-state index contributed by atoms with van der Waals surface area (Å²) in [5.41, 5.74) is 2.57. The molecule has 0 spiro atoms. The lowest BCUT2D eigenvalue weighted by Crippen LogP contribution is -2.32. The van der Waals surface area contributed by atoms with E-state index < -0.39 is 23.8 Å². The molecule has 0 bridgehead atoms. The molecule has 0 radical (unpaired) electrons. The molecule has 0 saturated carbocycles. The van der Waals surface area contributed by atoms with Crippen LogP contribution in [0.3, 0.4) is 0 Å². The Morgan fingerprint density at radius 1 is 1.07 bits per heavy atom. The zero-order valence-corrected chi connectivity index (χ0v) is 18.2. The Morgan fingerprint density at radius 3 is 2.15 bits per heavy atom. The van der Waals surface area contributed by atoms with Gasteiger partial charge in [0.2, 0.25) is 0 Å². The minimum Gasteiger partial charge on any atom is -0.469 e. The number of hydrogen-bond acceptors (Lipinski definition) is 4. The Balaban J connectivity index is 2.97. The summed E-state index contributed by atoms with van der Waals surface area (Å²) in [6.45, 7) is 13.3. The zero-order valence-electron chi connectivity index (χ0n) is 18.2. The fraction of sp³-hybridized carbons (Fsp3) is 0.652. The first kappa shape index (κ1) is 23.2. The van der Waals surface area contributed by atoms with Gasteiger partial charge in [-0.25, -0.2) is 0 Å². The molecular formula is C23H36O4. The Labute approximate surface area is 164 Å². The molecule has 1 aliphatic rings. The summed E-state index contributed by atoms with van der Waals surface area (Å²) in [5.74, 6) is -2.11. The van der Waals surface area contributed by atoms with Crippen molar-refractivity contribution in [3.63, 3.8) is 0 Å². The molecule has 2 atom stereocenters. The number of carbonyl (C=O) groups is 2. The fourth-order valence-electron chi connectivity index (χ4n) is 3.19. The first-order valence-corrected chi connectivity index (χ1v) is 9.73. The Kier molecular flexibility index (Phi) is 8.06. The van der Waals surface area contributed by atoms with Crippen molar-refractivity contribution < 1.29 is 19.1 Å². The molecule has 1 rings (SSSR count). The average molecular weight is 377 g/mol. The van der Waals surface area contributed by atoms with Crippen molar-refractivity contribution in [2.45, 2.75) is 60.8 Å². The van der Waals surface area contributed by atoms with Crippen LogP contribution in [-0.4, -0.2) is 26.2 Å². The van der Waals surface area contributed by atoms with Crippen LogP contribution in [0.1, 0.15) is 60.8 Å². The predicted octanol–water partition coefficient (Wildman–Crippen LogP) is 5.25. The van der Waals surface area contributed by atoms with Gasteiger partial charge in [0, 0.05) is 0 Å². The van der Waals surface area contributed by atoms with Crippen LogP contribution in [0, 0.1) is 22.7 Å². The van der Waals surface area contributed by atoms with Crippen molar-refractivity contribution >= 4 is 11.9 Å². The highest BCUT2D eigenvalue weighted by molar-refractivity contribution is 5.85. The second kappa shape index (κ2) is 9.38. The molecule has 0 N–H and O–H groups in total. The average Bonchev–Trinajstić information content (AvgIpc) is 2.65. The van der Waals surface area contributed by atoms with E-state index >= 15 is 0 Å². The fourth-order valence-corrected chi connectivity index (χ4v) is 3.19. The minimum atomic E-state index is -0.641. The minimum absolute atomic E-state index is 0.114. The summed E-state index contributed by atoms with van der Waals surface area (Å²) in [6, 6.07) is 0. The highest BCUT2D eigenvalue weighted by atomic mass is 16.5. The Hall–Kier alpha value is -1.84. The van der Waals surface area contributed by atoms with Crippen molar-refractivity contribution in [1.29, 1.82) is 0 Å². The van der Waals surface area contributed by atoms with Gasteiger partial charge in [0.1, 0.15) is 0 Å². The van der Waals surface area contributed by atoms with E-state index in [0.717, 1.165) is 24.8 Å². The van der Waals surface area contributed by atoms with E-state index in [1.165, 1.54) is 19.8 Å². The molecule has 0 aliphatic heterocycles. The number of carbonyl (C=O) groups excluding carboxylic acids is 2. The van der Waals surface area contributed by atoms with E-state index in [9.17, 15) is 9.59 Å². The summed E-state index contributed by atoms with van der Waals surface area (Å²) in [7, 11) is 2.68. The molecular weight excluding hydrogens is 340 g/mol. The van der Waals surface area contributed by atoms with Crippen LogP contribution in [0.5, 0.6) is 0 Å². The molecule has 0 amide bonds. The van der Waals surface area contributed by atoms with Crippen LogP contribution in [-0.2, 0) is 19.1 Å². The van der Waals surface area contributed by atoms with E-state index in [1.807, 2.05) is 12.2 Å². The lowest BCUT2D eigenvalue weighted by Gasteiger charge is -2.31. The lowest BCUT2D eigenvalue weighted by molar-refractivity contribution is -0.153. The van der Waals surface area contributed by atoms with Gasteiger partial charge >= 0.3 is 11.9 Å². The number of rotatable bonds is 8. The maximum absolute atomic E-state index is 12.2. The van der Waals surface area contributed by atoms with Gasteiger partial charge in [0.15, 0.2) is 0 Å². The standard InChI is InChI=1S/C23H36O4/c1-9-22(3,4)16(2)11-10-14-23(5,6)17-12-13-18(20(24)26-7)19(15-17)21(25)27-8/h11-13,15,18-19H,9-10,14H2,1-8H3. The summed E-state index contributed by atoms with van der Waals surface area (Å²) < 4.78 is 9.74. The molecule has 0 aromatic heterocycles. The lowest BCUT2D eigenvalue weighted by atomic mass is 9.73. The van der Waals surface area contributed by atoms with Crippen LogP contribution in [0.2, 0.25) is 0 Å². The summed E-state index contributed by atoms with van der Waals surface area (Å²) in [6.07, 6.45) is 11.0. The maximum Gasteiger partial charge on any atom is 0.313 e. The van der Waals surface area contributed by atoms with Gasteiger partial charge in [-0.05, 0) is 42.6 Å². The van der Waals surface area contributed by atoms with Gasteiger partial charge in [-0.2, -0.15) is 0 Å². The molecule has 0 aromatic carbocycles. The first-order valence-electron chi connectivity index (χ1n) is 9.73. The topological polar surface area (TPSA) is 52.6 Å². The molecule has 0 aromatic rings. The highest BCUT2D eigenvalue weighted by Crippen LogP contribution is 2.39. The summed E-state index contributed by atoms with van der Waals surface area (Å²) in [5, 5.41) is 0. The molecule has 0 saturated heterocycles. The van der Waals surface area contributed by atoms with E-state index in [4.69, 9.17) is 9.47 Å². The van der Waals surface area contributed by atoms with Gasteiger partial charge in [-0.1, -0.05) is 64.5 Å². The largest absolute Gasteiger partial charge is 0.469 e. The zero-order chi connectivity index (χ0) is 20.8. The molecule has 0 fully saturated rings. The number of ether oxygens (including phenoxy) is 2. The molecule has 152 valence electrons. The van der Waals surface area contributed by atoms with Gasteiger partial charge in [0.25, 0.3) is 0 Å². The van der Waals surface area contributed by atoms with Gasteiger partial charge < -0.3 is 9.47 Å². The maximum atomic E-state index is 12.2. The molecule has 0 heterocycles. The van der Waals surface area contributed by atoms with Gasteiger partial charge in [-0.15, -0.1) is 0 Å². The molecule has 1 aliphatic carbocycles. The Morgan fingerprint density at radius 2 is 1.63 bits per heavy atom. The highest BCUT2D eigenvalue weighted by Gasteiger charge is 2.36. The molecule has 27 heavy (non-hydrogen) atoms. The third kappa shape index (κ3) is 5.82. The van der Waals surface area contributed by atoms with E-state index in [2.05, 4.69) is 47.6 Å². The van der Waals surface area contributed by atoms with Crippen LogP contribution >= 0.6 is 0 Å². The van der Waals surface area contributed by atoms with E-state index in [1.54, 1.807) is 6.08 Å². The van der Waals surface area contributed by atoms with Crippen LogP contribution in [0.15, 0.2) is 35.5 Å². The van der Waals surface area contributed by atoms with Crippen molar-refractivity contribution in [2.24, 2.45) is 22.7 Å². The van der Waals surface area contributed by atoms with Crippen molar-refractivity contribution in [1.82, 2.24) is 0 Å². The predicted molar refractivity (Wildman–Crippen MR) is 109 cm³/mol. The van der Waals surface area contributed by atoms with Crippen molar-refractivity contribution in [2.75, 3.05) is 14.2 Å². The second-order valence-corrected chi connectivity index (χ2v) is 8.63. The van der Waals surface area contributed by atoms with Crippen LogP contribution < -0.4 is 0 Å². The van der Waals surface area contributed by atoms with Gasteiger partial charge in [0.05, 0.1) is 26.1 Å². The quantitative estimate of drug-likeness (QED) is 0.429. The van der Waals surface area contributed by atoms with Crippen LogP contribution in [0.25, 0.3) is 0 Å². The first-order chi connectivity index (χ1) is 12.5. The van der Waals surface area contributed by atoms with Gasteiger partial charge in [-0.3, -0.25) is 9.59 Å². The third-order valence-electron chi connectivity index (χ3n) is 6.13. The monoisotopic (exact) mass is 376 g/mol. The van der Waals surface area contributed by atoms with Crippen molar-refractivity contribution in [3.05, 3.63) is 35.5 Å². The third-order valence-corrected chi connectivity index (χ3v) is 6.13. The smallest absolute Gasteiger partial charge is 0.313 e. The van der Waals surface area contributed by atoms with E-state index in [-0.39, 0.29) is 10.8 Å². The number of allylic oxidation sites excluding steroid dienone is 4. The van der Waals surface area contributed by atoms with E-state index in [0.29, 0.717) is 0 Å². The number of methoxy groups -OCH3 is 2. The summed E-state index contributed by atoms with van der Waals surface area (Å²) in [4.78, 5) is 24.2. The number of hydrogen-bond donors (Lipinski definition) is 0. The normalized spacial score (nSPS) is 20.9. The molecule has 4 heteroatoms. The SMILES string of the molecule is CCC(C)(C)C(C)=CCCC(C)(C)C1=CC(C(=O)OC)C(C(=O)OC)C=C1. The van der Waals surface area contributed by atoms with Crippen LogP contribution in [0.4, 0.5) is 0 Å². The molecule has 4 nitrogen and oxygen atoms in total. The molecule has 2 unspecified atom stereocenters. The summed E-state index contributed by atoms with van der Waals surface area (Å²) >= 11 is 0. The number of esters is 2.